The Morgan fingerprint density at radius 1 is 0.750 bits per heavy atom. The van der Waals surface area contributed by atoms with E-state index in [0.29, 0.717) is 13.0 Å². The molecule has 0 amide bonds. The van der Waals surface area contributed by atoms with Gasteiger partial charge in [0.25, 0.3) is 0 Å². The van der Waals surface area contributed by atoms with Crippen molar-refractivity contribution in [3.05, 3.63) is 0 Å². The molecule has 0 aromatic heterocycles. The van der Waals surface area contributed by atoms with Gasteiger partial charge >= 0.3 is 5.97 Å². The second kappa shape index (κ2) is 18.7. The number of hydrogen-bond donors (Lipinski definition) is 0. The number of hydrogen-bond acceptors (Lipinski definition) is 2. The average Bonchev–Trinajstić information content (AvgIpc) is 2.56. The van der Waals surface area contributed by atoms with Crippen LogP contribution in [0.25, 0.3) is 0 Å². The van der Waals surface area contributed by atoms with Crippen LogP contribution in [0, 0.1) is 0 Å². The van der Waals surface area contributed by atoms with E-state index in [2.05, 4.69) is 52.1 Å². The summed E-state index contributed by atoms with van der Waals surface area (Å²) in [6.07, 6.45) is 17.8. The summed E-state index contributed by atoms with van der Waals surface area (Å²) < 4.78 is 6.60. The van der Waals surface area contributed by atoms with Gasteiger partial charge in [0.05, 0.1) is 6.61 Å². The fourth-order valence-electron chi connectivity index (χ4n) is 2.85. The van der Waals surface area contributed by atoms with Crippen LogP contribution in [0.1, 0.15) is 104 Å². The van der Waals surface area contributed by atoms with Crippen molar-refractivity contribution >= 4 is 51.2 Å². The maximum atomic E-state index is 11.2. The van der Waals surface area contributed by atoms with Crippen LogP contribution in [0.3, 0.4) is 0 Å². The predicted molar refractivity (Wildman–Crippen MR) is 123 cm³/mol. The number of halogens is 2. The number of unbranched alkanes of at least 4 members (excludes halogenated alkanes) is 9. The Hall–Kier alpha value is 0.930. The van der Waals surface area contributed by atoms with Crippen molar-refractivity contribution in [3.8, 4) is 0 Å². The zero-order valence-electron chi connectivity index (χ0n) is 15.8. The molecule has 0 saturated carbocycles. The Bertz CT molecular complexity index is 285. The van der Waals surface area contributed by atoms with Crippen molar-refractivity contribution in [3.63, 3.8) is 0 Å². The molecular weight excluding hydrogens is 526 g/mol. The molecule has 0 aliphatic heterocycles. The molecule has 0 aliphatic carbocycles. The minimum absolute atomic E-state index is 0.0349. The number of carbonyl (C=O) groups excluding carboxylic acids is 1. The molecule has 2 atom stereocenters. The van der Waals surface area contributed by atoms with E-state index in [1.807, 2.05) is 6.92 Å². The molecule has 0 N–H and O–H groups in total. The first-order chi connectivity index (χ1) is 11.6. The van der Waals surface area contributed by atoms with Gasteiger partial charge in [0.1, 0.15) is 0 Å². The molecule has 2 nitrogen and oxygen atoms in total. The van der Waals surface area contributed by atoms with Crippen molar-refractivity contribution < 1.29 is 9.53 Å². The fraction of sp³-hybridized carbons (Fsp3) is 0.950. The molecule has 0 spiro atoms. The number of carbonyl (C=O) groups is 1. The molecule has 0 bridgehead atoms. The number of esters is 1. The summed E-state index contributed by atoms with van der Waals surface area (Å²) in [4.78, 5) is 11.2. The standard InChI is InChI=1S/C20H38I2O2/c1-3-5-6-7-9-12-15-18(21)19(22)16-13-10-8-11-14-17-20(23)24-4-2/h18-19H,3-17H2,1-2H3/t18-,19+/m1/s1. The Balaban J connectivity index is 3.41. The highest BCUT2D eigenvalue weighted by molar-refractivity contribution is 14.1. The molecule has 144 valence electrons. The van der Waals surface area contributed by atoms with Crippen molar-refractivity contribution in [1.29, 1.82) is 0 Å². The van der Waals surface area contributed by atoms with Gasteiger partial charge in [-0.25, -0.2) is 0 Å². The fourth-order valence-corrected chi connectivity index (χ4v) is 4.45. The van der Waals surface area contributed by atoms with E-state index >= 15 is 0 Å². The van der Waals surface area contributed by atoms with Gasteiger partial charge < -0.3 is 4.74 Å². The maximum absolute atomic E-state index is 11.2. The van der Waals surface area contributed by atoms with E-state index in [0.717, 1.165) is 20.7 Å². The van der Waals surface area contributed by atoms with Crippen molar-refractivity contribution in [2.45, 2.75) is 112 Å². The minimum Gasteiger partial charge on any atom is -0.466 e. The Morgan fingerprint density at radius 3 is 1.71 bits per heavy atom. The summed E-state index contributed by atoms with van der Waals surface area (Å²) in [6, 6.07) is 0. The molecule has 24 heavy (non-hydrogen) atoms. The van der Waals surface area contributed by atoms with Gasteiger partial charge in [-0.1, -0.05) is 116 Å². The Kier molecular flexibility index (Phi) is 19.4. The predicted octanol–water partition coefficient (Wildman–Crippen LogP) is 7.64. The minimum atomic E-state index is -0.0349. The lowest BCUT2D eigenvalue weighted by Crippen LogP contribution is -2.13. The summed E-state index contributed by atoms with van der Waals surface area (Å²) in [6.45, 7) is 4.65. The van der Waals surface area contributed by atoms with E-state index < -0.39 is 0 Å². The van der Waals surface area contributed by atoms with E-state index in [-0.39, 0.29) is 5.97 Å². The molecule has 0 aromatic carbocycles. The third kappa shape index (κ3) is 16.4. The van der Waals surface area contributed by atoms with Gasteiger partial charge in [-0.2, -0.15) is 0 Å². The first-order valence-electron chi connectivity index (χ1n) is 10.1. The van der Waals surface area contributed by atoms with Crippen LogP contribution in [-0.2, 0) is 9.53 Å². The topological polar surface area (TPSA) is 26.3 Å². The van der Waals surface area contributed by atoms with Crippen LogP contribution in [-0.4, -0.2) is 20.4 Å². The summed E-state index contributed by atoms with van der Waals surface area (Å²) in [5.74, 6) is -0.0349. The number of ether oxygens (including phenoxy) is 1. The second-order valence-electron chi connectivity index (χ2n) is 6.70. The van der Waals surface area contributed by atoms with Crippen LogP contribution >= 0.6 is 45.2 Å². The highest BCUT2D eigenvalue weighted by atomic mass is 127. The van der Waals surface area contributed by atoms with Crippen molar-refractivity contribution in [2.24, 2.45) is 0 Å². The number of alkyl halides is 2. The van der Waals surface area contributed by atoms with Crippen molar-refractivity contribution in [1.82, 2.24) is 0 Å². The summed E-state index contributed by atoms with van der Waals surface area (Å²) in [5.41, 5.74) is 0. The van der Waals surface area contributed by atoms with E-state index in [1.54, 1.807) is 0 Å². The smallest absolute Gasteiger partial charge is 0.305 e. The molecule has 4 heteroatoms. The molecular formula is C20H38I2O2. The first kappa shape index (κ1) is 24.9. The Morgan fingerprint density at radius 2 is 1.21 bits per heavy atom. The molecule has 0 aliphatic rings. The highest BCUT2D eigenvalue weighted by Gasteiger charge is 2.14. The summed E-state index contributed by atoms with van der Waals surface area (Å²) in [5, 5.41) is 0. The summed E-state index contributed by atoms with van der Waals surface area (Å²) >= 11 is 5.33. The van der Waals surface area contributed by atoms with Gasteiger partial charge in [0.2, 0.25) is 0 Å². The monoisotopic (exact) mass is 564 g/mol. The van der Waals surface area contributed by atoms with Gasteiger partial charge in [-0.05, 0) is 26.2 Å². The second-order valence-corrected chi connectivity index (χ2v) is 9.90. The lowest BCUT2D eigenvalue weighted by molar-refractivity contribution is -0.143. The molecule has 0 heterocycles. The number of rotatable bonds is 17. The van der Waals surface area contributed by atoms with Crippen LogP contribution in [0.15, 0.2) is 0 Å². The van der Waals surface area contributed by atoms with Gasteiger partial charge in [-0.15, -0.1) is 0 Å². The molecule has 0 fully saturated rings. The Labute approximate surface area is 177 Å². The molecule has 0 unspecified atom stereocenters. The maximum Gasteiger partial charge on any atom is 0.305 e. The first-order valence-corrected chi connectivity index (χ1v) is 12.5. The lowest BCUT2D eigenvalue weighted by atomic mass is 10.0. The molecule has 0 radical (unpaired) electrons. The summed E-state index contributed by atoms with van der Waals surface area (Å²) in [7, 11) is 0. The molecule has 0 aromatic rings. The molecule has 0 saturated heterocycles. The van der Waals surface area contributed by atoms with Gasteiger partial charge in [0, 0.05) is 14.3 Å². The van der Waals surface area contributed by atoms with E-state index in [1.165, 1.54) is 70.6 Å². The zero-order valence-corrected chi connectivity index (χ0v) is 20.1. The zero-order chi connectivity index (χ0) is 18.0. The third-order valence-corrected chi connectivity index (χ3v) is 8.75. The van der Waals surface area contributed by atoms with Gasteiger partial charge in [0.15, 0.2) is 0 Å². The molecule has 0 rings (SSSR count). The van der Waals surface area contributed by atoms with Crippen LogP contribution in [0.5, 0.6) is 0 Å². The normalized spacial score (nSPS) is 13.7. The van der Waals surface area contributed by atoms with Crippen LogP contribution < -0.4 is 0 Å². The van der Waals surface area contributed by atoms with Crippen LogP contribution in [0.2, 0.25) is 0 Å². The van der Waals surface area contributed by atoms with E-state index in [4.69, 9.17) is 4.74 Å². The van der Waals surface area contributed by atoms with Crippen molar-refractivity contribution in [2.75, 3.05) is 6.61 Å². The van der Waals surface area contributed by atoms with Crippen LogP contribution in [0.4, 0.5) is 0 Å². The quantitative estimate of drug-likeness (QED) is 0.0786. The largest absolute Gasteiger partial charge is 0.466 e. The average molecular weight is 564 g/mol. The highest BCUT2D eigenvalue weighted by Crippen LogP contribution is 2.26. The third-order valence-electron chi connectivity index (χ3n) is 4.39. The lowest BCUT2D eigenvalue weighted by Gasteiger charge is -2.16. The van der Waals surface area contributed by atoms with Gasteiger partial charge in [-0.3, -0.25) is 4.79 Å². The van der Waals surface area contributed by atoms with E-state index in [9.17, 15) is 4.79 Å². The SMILES string of the molecule is CCCCCCCC[C@@H](I)[C@@H](I)CCCCCCCC(=O)OCC.